The molecule has 0 saturated heterocycles. The second kappa shape index (κ2) is 18.2. The van der Waals surface area contributed by atoms with Crippen LogP contribution in [0.5, 0.6) is 5.75 Å². The molecule has 2 aromatic carbocycles. The standard InChI is InChI=1S/C41H45N9O8S/c1-21-37(54)47-23(3)41(57)50(4)19-35(53)46-22(2)40-49-31(20-59-40)39(56)48-30(14-25-16-42-28-10-7-6-9-27(25)28)32(51)15-24(38(55)44-18-34(52)45-21)13-26-17-43-29-11-8-12-33(58-5)36(26)29/h6-12,16-17,20-22,24,30,42-43H,3,13-15,18-19H2,1-2,4-5H3,(H,44,55)(H,45,52)(H,46,53)(H,47,54)(H,48,56)/t21?,22?,24-,30+/m1/s1. The zero-order valence-electron chi connectivity index (χ0n) is 32.9. The summed E-state index contributed by atoms with van der Waals surface area (Å²) in [5.41, 5.74) is 2.70. The molecule has 4 heterocycles. The number of ketones is 1. The highest BCUT2D eigenvalue weighted by molar-refractivity contribution is 7.09. The predicted octanol–water partition coefficient (Wildman–Crippen LogP) is 2.17. The number of hydrogen-bond donors (Lipinski definition) is 7. The van der Waals surface area contributed by atoms with E-state index in [9.17, 15) is 33.6 Å². The molecule has 7 N–H and O–H groups in total. The highest BCUT2D eigenvalue weighted by Gasteiger charge is 2.31. The van der Waals surface area contributed by atoms with Gasteiger partial charge in [0.05, 0.1) is 38.0 Å². The lowest BCUT2D eigenvalue weighted by Gasteiger charge is -2.22. The van der Waals surface area contributed by atoms with Crippen molar-refractivity contribution in [2.75, 3.05) is 27.2 Å². The summed E-state index contributed by atoms with van der Waals surface area (Å²) in [7, 11) is 2.88. The van der Waals surface area contributed by atoms with Crippen molar-refractivity contribution in [2.24, 2.45) is 5.92 Å². The van der Waals surface area contributed by atoms with E-state index in [1.54, 1.807) is 25.4 Å². The Hall–Kier alpha value is -6.82. The summed E-state index contributed by atoms with van der Waals surface area (Å²) in [4.78, 5) is 106. The van der Waals surface area contributed by atoms with Crippen LogP contribution in [-0.2, 0) is 41.6 Å². The normalized spacial score (nSPS) is 21.1. The fraction of sp³-hybridized carbons (Fsp3) is 0.317. The van der Waals surface area contributed by atoms with E-state index in [2.05, 4.69) is 48.1 Å². The van der Waals surface area contributed by atoms with Crippen LogP contribution in [0.2, 0.25) is 0 Å². The van der Waals surface area contributed by atoms with Gasteiger partial charge in [0.1, 0.15) is 22.5 Å². The van der Waals surface area contributed by atoms with Crippen molar-refractivity contribution in [3.8, 4) is 5.75 Å². The third-order valence-electron chi connectivity index (χ3n) is 10.0. The molecule has 0 aliphatic carbocycles. The number of rotatable bonds is 5. The summed E-state index contributed by atoms with van der Waals surface area (Å²) in [6.07, 6.45) is 3.29. The average Bonchev–Trinajstić information content (AvgIpc) is 3.98. The van der Waals surface area contributed by atoms with Crippen LogP contribution in [0.3, 0.4) is 0 Å². The number of likely N-dealkylation sites (N-methyl/N-ethyl adjacent to an activating group) is 1. The van der Waals surface area contributed by atoms with Gasteiger partial charge in [-0.3, -0.25) is 33.6 Å². The molecule has 2 bridgehead atoms. The van der Waals surface area contributed by atoms with Crippen molar-refractivity contribution in [1.82, 2.24) is 46.4 Å². The summed E-state index contributed by atoms with van der Waals surface area (Å²) in [5.74, 6) is -4.96. The van der Waals surface area contributed by atoms with Crippen molar-refractivity contribution in [3.05, 3.63) is 94.3 Å². The Labute approximate surface area is 342 Å². The third-order valence-corrected chi connectivity index (χ3v) is 11.0. The van der Waals surface area contributed by atoms with Gasteiger partial charge in [-0.25, -0.2) is 4.98 Å². The number of carbonyl (C=O) groups excluding carboxylic acids is 7. The molecular weight excluding hydrogens is 779 g/mol. The summed E-state index contributed by atoms with van der Waals surface area (Å²) < 4.78 is 5.61. The van der Waals surface area contributed by atoms with Gasteiger partial charge in [-0.05, 0) is 49.6 Å². The van der Waals surface area contributed by atoms with E-state index in [1.165, 1.54) is 26.5 Å². The first kappa shape index (κ1) is 41.8. The number of thiazole rings is 1. The molecule has 0 saturated carbocycles. The van der Waals surface area contributed by atoms with Gasteiger partial charge in [-0.2, -0.15) is 0 Å². The Morgan fingerprint density at radius 3 is 2.34 bits per heavy atom. The molecule has 18 heteroatoms. The molecule has 3 aromatic heterocycles. The molecule has 6 amide bonds. The van der Waals surface area contributed by atoms with Gasteiger partial charge in [0.15, 0.2) is 5.78 Å². The molecule has 0 fully saturated rings. The van der Waals surface area contributed by atoms with Crippen molar-refractivity contribution in [3.63, 3.8) is 0 Å². The van der Waals surface area contributed by atoms with E-state index in [4.69, 9.17) is 4.74 Å². The summed E-state index contributed by atoms with van der Waals surface area (Å²) in [6.45, 7) is 5.72. The van der Waals surface area contributed by atoms with Gasteiger partial charge in [0.25, 0.3) is 11.8 Å². The molecular formula is C41H45N9O8S. The van der Waals surface area contributed by atoms with Gasteiger partial charge in [-0.15, -0.1) is 11.3 Å². The van der Waals surface area contributed by atoms with Crippen molar-refractivity contribution < 1.29 is 38.3 Å². The number of aromatic nitrogens is 3. The van der Waals surface area contributed by atoms with E-state index >= 15 is 0 Å². The highest BCUT2D eigenvalue weighted by Crippen LogP contribution is 2.31. The number of ether oxygens (including phenoxy) is 1. The van der Waals surface area contributed by atoms with Crippen LogP contribution in [0.4, 0.5) is 0 Å². The lowest BCUT2D eigenvalue weighted by Crippen LogP contribution is -2.50. The van der Waals surface area contributed by atoms with Crippen molar-refractivity contribution in [2.45, 2.75) is 51.2 Å². The predicted molar refractivity (Wildman–Crippen MR) is 219 cm³/mol. The van der Waals surface area contributed by atoms with E-state index in [0.29, 0.717) is 16.3 Å². The summed E-state index contributed by atoms with van der Waals surface area (Å²) >= 11 is 1.12. The zero-order valence-corrected chi connectivity index (χ0v) is 33.7. The van der Waals surface area contributed by atoms with Gasteiger partial charge in [0.2, 0.25) is 23.6 Å². The molecule has 0 radical (unpaired) electrons. The smallest absolute Gasteiger partial charge is 0.271 e. The van der Waals surface area contributed by atoms with Crippen LogP contribution < -0.4 is 31.3 Å². The van der Waals surface area contributed by atoms with Crippen LogP contribution in [-0.4, -0.2) is 100 Å². The molecule has 2 unspecified atom stereocenters. The van der Waals surface area contributed by atoms with Gasteiger partial charge in [-0.1, -0.05) is 30.8 Å². The SMILES string of the molecule is C=C1NC(=O)C(C)NC(=O)CNC(=O)[C@H](Cc2c[nH]c3cccc(OC)c23)CC(=O)[C@H](Cc2c[nH]c3ccccc23)NC(=O)c2csc(n2)C(C)NC(=O)CN(C)C1=O. The Balaban J connectivity index is 1.34. The maximum absolute atomic E-state index is 14.5. The van der Waals surface area contributed by atoms with E-state index in [1.807, 2.05) is 36.4 Å². The quantitative estimate of drug-likeness (QED) is 0.129. The number of nitrogens with one attached hydrogen (secondary N) is 7. The first-order valence-corrected chi connectivity index (χ1v) is 19.7. The average molecular weight is 824 g/mol. The number of nitrogens with zero attached hydrogens (tertiary/aromatic N) is 2. The second-order valence-corrected chi connectivity index (χ2v) is 15.2. The molecule has 17 nitrogen and oxygen atoms in total. The fourth-order valence-corrected chi connectivity index (χ4v) is 7.70. The summed E-state index contributed by atoms with van der Waals surface area (Å²) in [5, 5.41) is 16.5. The van der Waals surface area contributed by atoms with E-state index < -0.39 is 78.4 Å². The minimum Gasteiger partial charge on any atom is -0.496 e. The maximum atomic E-state index is 14.5. The minimum absolute atomic E-state index is 0.0111. The Kier molecular flexibility index (Phi) is 12.9. The van der Waals surface area contributed by atoms with E-state index in [-0.39, 0.29) is 30.7 Å². The maximum Gasteiger partial charge on any atom is 0.271 e. The fourth-order valence-electron chi connectivity index (χ4n) is 6.89. The van der Waals surface area contributed by atoms with Crippen LogP contribution in [0.1, 0.15) is 52.9 Å². The third kappa shape index (κ3) is 9.84. The molecule has 6 rings (SSSR count). The number of amides is 6. The molecule has 0 spiro atoms. The lowest BCUT2D eigenvalue weighted by atomic mass is 9.89. The number of carbonyl (C=O) groups is 7. The van der Waals surface area contributed by atoms with E-state index in [0.717, 1.165) is 43.6 Å². The number of H-pyrrole nitrogens is 2. The van der Waals surface area contributed by atoms with Crippen LogP contribution in [0, 0.1) is 5.92 Å². The zero-order chi connectivity index (χ0) is 42.4. The molecule has 59 heavy (non-hydrogen) atoms. The Morgan fingerprint density at radius 1 is 0.847 bits per heavy atom. The molecule has 308 valence electrons. The van der Waals surface area contributed by atoms with Crippen molar-refractivity contribution >= 4 is 74.4 Å². The first-order chi connectivity index (χ1) is 28.2. The summed E-state index contributed by atoms with van der Waals surface area (Å²) in [6, 6.07) is 10.0. The van der Waals surface area contributed by atoms with Crippen LogP contribution in [0.25, 0.3) is 21.8 Å². The number of aromatic amines is 2. The first-order valence-electron chi connectivity index (χ1n) is 18.8. The Morgan fingerprint density at radius 2 is 1.56 bits per heavy atom. The molecule has 1 aliphatic rings. The van der Waals surface area contributed by atoms with Gasteiger partial charge < -0.3 is 46.2 Å². The number of fused-ring (bicyclic) bond motifs is 4. The highest BCUT2D eigenvalue weighted by atomic mass is 32.1. The second-order valence-electron chi connectivity index (χ2n) is 14.4. The molecule has 1 aliphatic heterocycles. The number of para-hydroxylation sites is 1. The largest absolute Gasteiger partial charge is 0.496 e. The number of hydrogen-bond acceptors (Lipinski definition) is 10. The number of methoxy groups -OCH3 is 1. The van der Waals surface area contributed by atoms with Gasteiger partial charge >= 0.3 is 0 Å². The molecule has 4 atom stereocenters. The lowest BCUT2D eigenvalue weighted by molar-refractivity contribution is -0.134. The molecule has 5 aromatic rings. The monoisotopic (exact) mass is 823 g/mol. The van der Waals surface area contributed by atoms with Crippen molar-refractivity contribution in [1.29, 1.82) is 0 Å². The number of Topliss-reactive ketones (excluding diaryl/α,β-unsaturated/α-hetero) is 1. The topological polar surface area (TPSA) is 237 Å². The minimum atomic E-state index is -1.16. The Bertz CT molecular complexity index is 2450. The van der Waals surface area contributed by atoms with Crippen LogP contribution >= 0.6 is 11.3 Å². The number of benzene rings is 2. The van der Waals surface area contributed by atoms with Crippen LogP contribution in [0.15, 0.2) is 72.5 Å². The van der Waals surface area contributed by atoms with Gasteiger partial charge in [0, 0.05) is 65.4 Å².